The monoisotopic (exact) mass is 384 g/mol. The maximum Gasteiger partial charge on any atom is 0.328 e. The van der Waals surface area contributed by atoms with Crippen LogP contribution in [-0.4, -0.2) is 21.3 Å². The number of hydrogen-bond donors (Lipinski definition) is 3. The lowest BCUT2D eigenvalue weighted by Gasteiger charge is -2.25. The highest BCUT2D eigenvalue weighted by Gasteiger charge is 2.22. The lowest BCUT2D eigenvalue weighted by molar-refractivity contribution is -0.131. The maximum atomic E-state index is 10.7. The molecule has 0 aromatic heterocycles. The summed E-state index contributed by atoms with van der Waals surface area (Å²) in [7, 11) is 0. The molecule has 4 rings (SSSR count). The molecule has 0 saturated carbocycles. The van der Waals surface area contributed by atoms with Crippen LogP contribution < -0.4 is 0 Å². The first-order valence-corrected chi connectivity index (χ1v) is 9.37. The molecule has 0 fully saturated rings. The van der Waals surface area contributed by atoms with Crippen LogP contribution in [0.25, 0.3) is 17.2 Å². The first-order chi connectivity index (χ1) is 14.0. The van der Waals surface area contributed by atoms with Crippen molar-refractivity contribution in [2.75, 3.05) is 0 Å². The highest BCUT2D eigenvalue weighted by atomic mass is 16.4. The molecule has 1 aliphatic carbocycles. The number of fused-ring (bicyclic) bond motifs is 1. The summed E-state index contributed by atoms with van der Waals surface area (Å²) in [6, 6.07) is 20.4. The molecule has 3 aromatic carbocycles. The number of phenols is 2. The lowest BCUT2D eigenvalue weighted by atomic mass is 9.79. The van der Waals surface area contributed by atoms with Gasteiger partial charge in [0.1, 0.15) is 11.5 Å². The molecule has 0 atom stereocenters. The molecule has 0 saturated heterocycles. The minimum Gasteiger partial charge on any atom is -0.508 e. The highest BCUT2D eigenvalue weighted by Crippen LogP contribution is 2.41. The Morgan fingerprint density at radius 1 is 0.793 bits per heavy atom. The zero-order valence-corrected chi connectivity index (χ0v) is 15.7. The SMILES string of the molecule is O=C(O)/C=C/c1ccc(C2=C(c3ccc(O)cc3)CCc3cc(O)ccc32)cc1. The fourth-order valence-corrected chi connectivity index (χ4v) is 3.79. The number of benzene rings is 3. The van der Waals surface area contributed by atoms with E-state index in [4.69, 9.17) is 5.11 Å². The second-order valence-electron chi connectivity index (χ2n) is 7.04. The van der Waals surface area contributed by atoms with Gasteiger partial charge in [0.25, 0.3) is 0 Å². The molecule has 1 aliphatic rings. The van der Waals surface area contributed by atoms with Crippen molar-refractivity contribution in [2.24, 2.45) is 0 Å². The number of carboxylic acids is 1. The van der Waals surface area contributed by atoms with Crippen LogP contribution in [0, 0.1) is 0 Å². The number of carboxylic acid groups (broad SMARTS) is 1. The Bertz CT molecular complexity index is 1120. The second-order valence-corrected chi connectivity index (χ2v) is 7.04. The summed E-state index contributed by atoms with van der Waals surface area (Å²) in [5.41, 5.74) is 7.31. The van der Waals surface area contributed by atoms with Gasteiger partial charge in [-0.15, -0.1) is 0 Å². The summed E-state index contributed by atoms with van der Waals surface area (Å²) in [5.74, 6) is -0.496. The van der Waals surface area contributed by atoms with Gasteiger partial charge in [-0.2, -0.15) is 0 Å². The Morgan fingerprint density at radius 3 is 2.14 bits per heavy atom. The molecule has 0 amide bonds. The molecule has 0 aliphatic heterocycles. The van der Waals surface area contributed by atoms with Crippen molar-refractivity contribution in [3.8, 4) is 11.5 Å². The first-order valence-electron chi connectivity index (χ1n) is 9.37. The summed E-state index contributed by atoms with van der Waals surface area (Å²) >= 11 is 0. The van der Waals surface area contributed by atoms with Crippen LogP contribution in [0.1, 0.15) is 34.2 Å². The zero-order chi connectivity index (χ0) is 20.4. The molecule has 144 valence electrons. The minimum absolute atomic E-state index is 0.228. The fourth-order valence-electron chi connectivity index (χ4n) is 3.79. The van der Waals surface area contributed by atoms with Crippen molar-refractivity contribution < 1.29 is 20.1 Å². The van der Waals surface area contributed by atoms with Gasteiger partial charge in [-0.3, -0.25) is 0 Å². The summed E-state index contributed by atoms with van der Waals surface area (Å²) in [6.07, 6.45) is 4.32. The van der Waals surface area contributed by atoms with E-state index in [9.17, 15) is 15.0 Å². The molecule has 4 nitrogen and oxygen atoms in total. The summed E-state index contributed by atoms with van der Waals surface area (Å²) in [6.45, 7) is 0. The third-order valence-corrected chi connectivity index (χ3v) is 5.14. The number of aliphatic carboxylic acids is 1. The summed E-state index contributed by atoms with van der Waals surface area (Å²) in [4.78, 5) is 10.7. The number of hydrogen-bond acceptors (Lipinski definition) is 3. The molecule has 4 heteroatoms. The van der Waals surface area contributed by atoms with E-state index >= 15 is 0 Å². The van der Waals surface area contributed by atoms with Crippen LogP contribution >= 0.6 is 0 Å². The van der Waals surface area contributed by atoms with Crippen molar-refractivity contribution in [1.82, 2.24) is 0 Å². The third-order valence-electron chi connectivity index (χ3n) is 5.14. The summed E-state index contributed by atoms with van der Waals surface area (Å²) in [5, 5.41) is 28.4. The number of rotatable bonds is 4. The average Bonchev–Trinajstić information content (AvgIpc) is 2.72. The van der Waals surface area contributed by atoms with Gasteiger partial charge < -0.3 is 15.3 Å². The maximum absolute atomic E-state index is 10.7. The Labute approximate surface area is 168 Å². The molecule has 3 N–H and O–H groups in total. The number of aryl methyl sites for hydroxylation is 1. The number of carbonyl (C=O) groups is 1. The average molecular weight is 384 g/mol. The van der Waals surface area contributed by atoms with Crippen molar-refractivity contribution >= 4 is 23.2 Å². The quantitative estimate of drug-likeness (QED) is 0.547. The van der Waals surface area contributed by atoms with Crippen LogP contribution in [0.15, 0.2) is 72.8 Å². The van der Waals surface area contributed by atoms with Crippen LogP contribution in [0.2, 0.25) is 0 Å². The number of phenolic OH excluding ortho intramolecular Hbond substituents is 2. The van der Waals surface area contributed by atoms with Gasteiger partial charge in [0.05, 0.1) is 0 Å². The molecular formula is C25H20O4. The van der Waals surface area contributed by atoms with Gasteiger partial charge in [0, 0.05) is 6.08 Å². The molecular weight excluding hydrogens is 364 g/mol. The largest absolute Gasteiger partial charge is 0.508 e. The van der Waals surface area contributed by atoms with E-state index in [1.807, 2.05) is 48.5 Å². The van der Waals surface area contributed by atoms with Crippen molar-refractivity contribution in [2.45, 2.75) is 12.8 Å². The smallest absolute Gasteiger partial charge is 0.328 e. The second kappa shape index (κ2) is 7.68. The van der Waals surface area contributed by atoms with E-state index in [0.717, 1.165) is 52.3 Å². The lowest BCUT2D eigenvalue weighted by Crippen LogP contribution is -2.06. The van der Waals surface area contributed by atoms with Gasteiger partial charge in [-0.1, -0.05) is 42.5 Å². The van der Waals surface area contributed by atoms with Crippen LogP contribution in [-0.2, 0) is 11.2 Å². The Morgan fingerprint density at radius 2 is 1.45 bits per heavy atom. The Hall–Kier alpha value is -3.79. The normalized spacial score (nSPS) is 13.5. The van der Waals surface area contributed by atoms with Crippen molar-refractivity contribution in [3.05, 3.63) is 101 Å². The molecule has 0 spiro atoms. The number of allylic oxidation sites excluding steroid dienone is 1. The molecule has 0 heterocycles. The standard InChI is InChI=1S/C25H20O4/c26-20-9-6-17(7-10-20)22-12-8-19-15-21(27)11-13-23(19)25(22)18-4-1-16(2-5-18)3-14-24(28)29/h1-7,9-11,13-15,26-27H,8,12H2,(H,28,29)/b14-3+. The van der Waals surface area contributed by atoms with Gasteiger partial charge in [0.2, 0.25) is 0 Å². The molecule has 3 aromatic rings. The van der Waals surface area contributed by atoms with Crippen LogP contribution in [0.5, 0.6) is 11.5 Å². The van der Waals surface area contributed by atoms with Crippen molar-refractivity contribution in [1.29, 1.82) is 0 Å². The van der Waals surface area contributed by atoms with E-state index in [0.29, 0.717) is 0 Å². The van der Waals surface area contributed by atoms with E-state index in [-0.39, 0.29) is 11.5 Å². The van der Waals surface area contributed by atoms with E-state index < -0.39 is 5.97 Å². The van der Waals surface area contributed by atoms with Crippen LogP contribution in [0.4, 0.5) is 0 Å². The molecule has 0 radical (unpaired) electrons. The zero-order valence-electron chi connectivity index (χ0n) is 15.7. The minimum atomic E-state index is -0.979. The van der Waals surface area contributed by atoms with E-state index in [1.165, 1.54) is 5.57 Å². The molecule has 0 unspecified atom stereocenters. The Balaban J connectivity index is 1.86. The predicted octanol–water partition coefficient (Wildman–Crippen LogP) is 5.10. The predicted molar refractivity (Wildman–Crippen MR) is 114 cm³/mol. The van der Waals surface area contributed by atoms with Gasteiger partial charge in [0.15, 0.2) is 0 Å². The van der Waals surface area contributed by atoms with E-state index in [1.54, 1.807) is 24.3 Å². The van der Waals surface area contributed by atoms with Gasteiger partial charge in [-0.25, -0.2) is 4.79 Å². The van der Waals surface area contributed by atoms with Gasteiger partial charge in [-0.05, 0) is 82.1 Å². The first kappa shape index (κ1) is 18.6. The van der Waals surface area contributed by atoms with Crippen LogP contribution in [0.3, 0.4) is 0 Å². The molecule has 0 bridgehead atoms. The van der Waals surface area contributed by atoms with Crippen molar-refractivity contribution in [3.63, 3.8) is 0 Å². The Kier molecular flexibility index (Phi) is 4.92. The summed E-state index contributed by atoms with van der Waals surface area (Å²) < 4.78 is 0. The topological polar surface area (TPSA) is 77.8 Å². The number of aromatic hydroxyl groups is 2. The third kappa shape index (κ3) is 3.92. The van der Waals surface area contributed by atoms with Gasteiger partial charge >= 0.3 is 5.97 Å². The van der Waals surface area contributed by atoms with E-state index in [2.05, 4.69) is 0 Å². The molecule has 29 heavy (non-hydrogen) atoms. The fraction of sp³-hybridized carbons (Fsp3) is 0.0800. The highest BCUT2D eigenvalue weighted by molar-refractivity contribution is 6.01.